The van der Waals surface area contributed by atoms with Crippen LogP contribution in [0.4, 0.5) is 0 Å². The lowest BCUT2D eigenvalue weighted by atomic mass is 9.84. The molecule has 0 aliphatic carbocycles. The molecule has 20 heavy (non-hydrogen) atoms. The van der Waals surface area contributed by atoms with Crippen LogP contribution in [0.5, 0.6) is 0 Å². The molecule has 1 aromatic rings. The third kappa shape index (κ3) is 4.08. The Morgan fingerprint density at radius 3 is 2.10 bits per heavy atom. The highest BCUT2D eigenvalue weighted by molar-refractivity contribution is 5.97. The summed E-state index contributed by atoms with van der Waals surface area (Å²) in [5.41, 5.74) is 2.10. The molecule has 110 valence electrons. The Morgan fingerprint density at radius 1 is 1.20 bits per heavy atom. The van der Waals surface area contributed by atoms with E-state index in [-0.39, 0.29) is 17.7 Å². The minimum Gasteiger partial charge on any atom is -0.481 e. The van der Waals surface area contributed by atoms with Gasteiger partial charge in [-0.15, -0.1) is 0 Å². The zero-order valence-electron chi connectivity index (χ0n) is 12.8. The number of nitrogens with one attached hydrogen (secondary N) is 1. The first-order valence-corrected chi connectivity index (χ1v) is 6.72. The zero-order chi connectivity index (χ0) is 15.5. The van der Waals surface area contributed by atoms with Gasteiger partial charge in [-0.05, 0) is 30.4 Å². The van der Waals surface area contributed by atoms with Gasteiger partial charge in [-0.2, -0.15) is 0 Å². The Kier molecular flexibility index (Phi) is 4.93. The Hall–Kier alpha value is -1.84. The number of aliphatic carboxylic acids is 1. The maximum atomic E-state index is 12.4. The van der Waals surface area contributed by atoms with E-state index in [1.165, 1.54) is 0 Å². The van der Waals surface area contributed by atoms with Crippen LogP contribution in [0.15, 0.2) is 18.2 Å². The van der Waals surface area contributed by atoms with E-state index in [9.17, 15) is 9.59 Å². The topological polar surface area (TPSA) is 66.4 Å². The molecule has 1 aromatic carbocycles. The molecule has 0 heterocycles. The molecule has 0 aliphatic rings. The van der Waals surface area contributed by atoms with E-state index in [1.54, 1.807) is 0 Å². The molecular formula is C16H23NO3. The molecule has 0 saturated carbocycles. The molecule has 1 rings (SSSR count). The van der Waals surface area contributed by atoms with Gasteiger partial charge in [-0.25, -0.2) is 0 Å². The highest BCUT2D eigenvalue weighted by atomic mass is 16.4. The minimum absolute atomic E-state index is 0.0832. The molecule has 1 unspecified atom stereocenters. The van der Waals surface area contributed by atoms with Crippen LogP contribution >= 0.6 is 0 Å². The van der Waals surface area contributed by atoms with Crippen LogP contribution < -0.4 is 5.32 Å². The van der Waals surface area contributed by atoms with Gasteiger partial charge in [0.2, 0.25) is 0 Å². The summed E-state index contributed by atoms with van der Waals surface area (Å²) >= 11 is 0. The average Bonchev–Trinajstić information content (AvgIpc) is 2.25. The highest BCUT2D eigenvalue weighted by Crippen LogP contribution is 2.23. The number of carboxylic acid groups (broad SMARTS) is 1. The number of carbonyl (C=O) groups excluding carboxylic acids is 1. The quantitative estimate of drug-likeness (QED) is 0.889. The largest absolute Gasteiger partial charge is 0.481 e. The van der Waals surface area contributed by atoms with E-state index < -0.39 is 12.0 Å². The first-order chi connectivity index (χ1) is 9.12. The van der Waals surface area contributed by atoms with Crippen molar-refractivity contribution in [1.82, 2.24) is 5.32 Å². The van der Waals surface area contributed by atoms with Crippen molar-refractivity contribution in [3.05, 3.63) is 34.9 Å². The van der Waals surface area contributed by atoms with Gasteiger partial charge in [-0.3, -0.25) is 9.59 Å². The van der Waals surface area contributed by atoms with Crippen molar-refractivity contribution in [3.8, 4) is 0 Å². The molecule has 4 nitrogen and oxygen atoms in total. The van der Waals surface area contributed by atoms with Gasteiger partial charge in [0, 0.05) is 11.6 Å². The van der Waals surface area contributed by atoms with Gasteiger partial charge in [0.15, 0.2) is 0 Å². The molecule has 4 heteroatoms. The van der Waals surface area contributed by atoms with Crippen molar-refractivity contribution in [2.45, 2.75) is 47.1 Å². The third-order valence-corrected chi connectivity index (χ3v) is 3.44. The lowest BCUT2D eigenvalue weighted by Crippen LogP contribution is -2.45. The van der Waals surface area contributed by atoms with Crippen LogP contribution in [-0.2, 0) is 4.79 Å². The SMILES string of the molecule is Cc1cccc(C)c1C(=O)NC(CC(=O)O)C(C)(C)C. The van der Waals surface area contributed by atoms with E-state index in [1.807, 2.05) is 52.8 Å². The molecule has 1 atom stereocenters. The van der Waals surface area contributed by atoms with Crippen LogP contribution in [-0.4, -0.2) is 23.0 Å². The maximum absolute atomic E-state index is 12.4. The third-order valence-electron chi connectivity index (χ3n) is 3.44. The standard InChI is InChI=1S/C16H23NO3/c1-10-7-6-8-11(2)14(10)15(20)17-12(9-13(18)19)16(3,4)5/h6-8,12H,9H2,1-5H3,(H,17,20)(H,18,19). The monoisotopic (exact) mass is 277 g/mol. The van der Waals surface area contributed by atoms with E-state index in [0.717, 1.165) is 11.1 Å². The Labute approximate surface area is 120 Å². The Morgan fingerprint density at radius 2 is 1.70 bits per heavy atom. The normalized spacial score (nSPS) is 12.8. The fourth-order valence-electron chi connectivity index (χ4n) is 2.15. The first kappa shape index (κ1) is 16.2. The van der Waals surface area contributed by atoms with Crippen molar-refractivity contribution < 1.29 is 14.7 Å². The summed E-state index contributed by atoms with van der Waals surface area (Å²) in [5.74, 6) is -1.12. The van der Waals surface area contributed by atoms with Gasteiger partial charge in [-0.1, -0.05) is 39.0 Å². The molecule has 0 fully saturated rings. The van der Waals surface area contributed by atoms with Gasteiger partial charge in [0.05, 0.1) is 6.42 Å². The van der Waals surface area contributed by atoms with Gasteiger partial charge in [0.25, 0.3) is 5.91 Å². The number of rotatable bonds is 4. The van der Waals surface area contributed by atoms with Crippen molar-refractivity contribution in [2.75, 3.05) is 0 Å². The molecule has 2 N–H and O–H groups in total. The number of aryl methyl sites for hydroxylation is 2. The second-order valence-corrected chi connectivity index (χ2v) is 6.26. The molecular weight excluding hydrogens is 254 g/mol. The highest BCUT2D eigenvalue weighted by Gasteiger charge is 2.29. The summed E-state index contributed by atoms with van der Waals surface area (Å²) in [5, 5.41) is 11.9. The molecule has 0 aliphatic heterocycles. The van der Waals surface area contributed by atoms with E-state index in [2.05, 4.69) is 5.32 Å². The van der Waals surface area contributed by atoms with Crippen molar-refractivity contribution >= 4 is 11.9 Å². The smallest absolute Gasteiger partial charge is 0.305 e. The van der Waals surface area contributed by atoms with Gasteiger partial charge >= 0.3 is 5.97 Å². The van der Waals surface area contributed by atoms with E-state index >= 15 is 0 Å². The van der Waals surface area contributed by atoms with E-state index in [4.69, 9.17) is 5.11 Å². The van der Waals surface area contributed by atoms with Gasteiger partial charge in [0.1, 0.15) is 0 Å². The molecule has 0 aromatic heterocycles. The number of hydrogen-bond acceptors (Lipinski definition) is 2. The Balaban J connectivity index is 3.00. The van der Waals surface area contributed by atoms with Crippen LogP contribution in [0.3, 0.4) is 0 Å². The lowest BCUT2D eigenvalue weighted by Gasteiger charge is -2.30. The number of carbonyl (C=O) groups is 2. The maximum Gasteiger partial charge on any atom is 0.305 e. The van der Waals surface area contributed by atoms with Crippen molar-refractivity contribution in [1.29, 1.82) is 0 Å². The molecule has 0 spiro atoms. The van der Waals surface area contributed by atoms with Crippen LogP contribution in [0.2, 0.25) is 0 Å². The van der Waals surface area contributed by atoms with Crippen molar-refractivity contribution in [2.24, 2.45) is 5.41 Å². The summed E-state index contributed by atoms with van der Waals surface area (Å²) in [7, 11) is 0. The summed E-state index contributed by atoms with van der Waals surface area (Å²) in [6.45, 7) is 9.53. The predicted molar refractivity (Wildman–Crippen MR) is 78.9 cm³/mol. The fraction of sp³-hybridized carbons (Fsp3) is 0.500. The minimum atomic E-state index is -0.910. The second-order valence-electron chi connectivity index (χ2n) is 6.26. The van der Waals surface area contributed by atoms with Crippen LogP contribution in [0, 0.1) is 19.3 Å². The summed E-state index contributed by atoms with van der Waals surface area (Å²) in [4.78, 5) is 23.4. The number of hydrogen-bond donors (Lipinski definition) is 2. The molecule has 1 amide bonds. The van der Waals surface area contributed by atoms with Crippen LogP contribution in [0.1, 0.15) is 48.7 Å². The van der Waals surface area contributed by atoms with E-state index in [0.29, 0.717) is 5.56 Å². The first-order valence-electron chi connectivity index (χ1n) is 6.72. The fourth-order valence-corrected chi connectivity index (χ4v) is 2.15. The molecule has 0 bridgehead atoms. The van der Waals surface area contributed by atoms with Gasteiger partial charge < -0.3 is 10.4 Å². The zero-order valence-corrected chi connectivity index (χ0v) is 12.8. The molecule has 0 radical (unpaired) electrons. The number of benzene rings is 1. The van der Waals surface area contributed by atoms with Crippen LogP contribution in [0.25, 0.3) is 0 Å². The summed E-state index contributed by atoms with van der Waals surface area (Å²) in [6.07, 6.45) is -0.0832. The molecule has 0 saturated heterocycles. The second kappa shape index (κ2) is 6.07. The lowest BCUT2D eigenvalue weighted by molar-refractivity contribution is -0.138. The number of carboxylic acids is 1. The summed E-state index contributed by atoms with van der Waals surface area (Å²) < 4.78 is 0. The Bertz CT molecular complexity index is 495. The van der Waals surface area contributed by atoms with Crippen molar-refractivity contribution in [3.63, 3.8) is 0 Å². The average molecular weight is 277 g/mol. The number of amides is 1. The predicted octanol–water partition coefficient (Wildman–Crippen LogP) is 2.92. The summed E-state index contributed by atoms with van der Waals surface area (Å²) in [6, 6.07) is 5.25.